The molecule has 11 heteroatoms. The largest absolute Gasteiger partial charge is 0.492 e. The average molecular weight is 517 g/mol. The predicted octanol–water partition coefficient (Wildman–Crippen LogP) is 4.32. The highest BCUT2D eigenvalue weighted by atomic mass is 35.5. The standard InChI is InChI=1S/C24H23Cl2FN6O2/c1-3-35-21-12-20(18(27)11-17(21)25)31-7-9-32(10-8-31)22(34)14-33-15(2)23(26)24(30-33)19-6-4-5-16(13-28)29-19/h4-6,11-12H,3,7-10,14H2,1-2H3. The maximum atomic E-state index is 14.6. The lowest BCUT2D eigenvalue weighted by Crippen LogP contribution is -2.50. The van der Waals surface area contributed by atoms with Crippen molar-refractivity contribution in [1.82, 2.24) is 19.7 Å². The minimum atomic E-state index is -0.429. The van der Waals surface area contributed by atoms with Crippen LogP contribution in [-0.4, -0.2) is 58.4 Å². The zero-order valence-electron chi connectivity index (χ0n) is 19.3. The van der Waals surface area contributed by atoms with Gasteiger partial charge in [0.25, 0.3) is 0 Å². The SMILES string of the molecule is CCOc1cc(N2CCN(C(=O)Cn3nc(-c4cccc(C#N)n4)c(Cl)c3C)CC2)c(F)cc1Cl. The third-order valence-corrected chi connectivity index (χ3v) is 6.55. The molecule has 0 bridgehead atoms. The smallest absolute Gasteiger partial charge is 0.244 e. The summed E-state index contributed by atoms with van der Waals surface area (Å²) in [6, 6.07) is 9.86. The van der Waals surface area contributed by atoms with Crippen molar-refractivity contribution < 1.29 is 13.9 Å². The van der Waals surface area contributed by atoms with E-state index >= 15 is 0 Å². The van der Waals surface area contributed by atoms with Crippen molar-refractivity contribution in [3.8, 4) is 23.2 Å². The highest BCUT2D eigenvalue weighted by molar-refractivity contribution is 6.33. The molecule has 0 spiro atoms. The molecule has 35 heavy (non-hydrogen) atoms. The second kappa shape index (κ2) is 10.5. The maximum Gasteiger partial charge on any atom is 0.244 e. The van der Waals surface area contributed by atoms with Crippen molar-refractivity contribution in [3.05, 3.63) is 57.6 Å². The molecule has 0 atom stereocenters. The molecule has 2 aromatic heterocycles. The molecule has 3 aromatic rings. The molecule has 4 rings (SSSR count). The number of nitrogens with zero attached hydrogens (tertiary/aromatic N) is 6. The highest BCUT2D eigenvalue weighted by Crippen LogP contribution is 2.33. The van der Waals surface area contributed by atoms with Crippen molar-refractivity contribution in [2.45, 2.75) is 20.4 Å². The summed E-state index contributed by atoms with van der Waals surface area (Å²) in [5.41, 5.74) is 2.17. The number of piperazine rings is 1. The molecule has 1 aliphatic heterocycles. The van der Waals surface area contributed by atoms with Crippen LogP contribution in [0, 0.1) is 24.1 Å². The van der Waals surface area contributed by atoms with Gasteiger partial charge in [0.15, 0.2) is 0 Å². The predicted molar refractivity (Wildman–Crippen MR) is 131 cm³/mol. The quantitative estimate of drug-likeness (QED) is 0.484. The van der Waals surface area contributed by atoms with Gasteiger partial charge in [-0.2, -0.15) is 10.4 Å². The summed E-state index contributed by atoms with van der Waals surface area (Å²) in [6.07, 6.45) is 0. The van der Waals surface area contributed by atoms with Crippen molar-refractivity contribution in [3.63, 3.8) is 0 Å². The van der Waals surface area contributed by atoms with Gasteiger partial charge in [-0.3, -0.25) is 9.48 Å². The summed E-state index contributed by atoms with van der Waals surface area (Å²) in [6.45, 7) is 5.82. The summed E-state index contributed by atoms with van der Waals surface area (Å²) in [4.78, 5) is 20.8. The molecule has 8 nitrogen and oxygen atoms in total. The first kappa shape index (κ1) is 24.8. The van der Waals surface area contributed by atoms with E-state index in [9.17, 15) is 9.18 Å². The fraction of sp³-hybridized carbons (Fsp3) is 0.333. The number of carbonyl (C=O) groups excluding carboxylic acids is 1. The number of hydrogen-bond acceptors (Lipinski definition) is 6. The zero-order chi connectivity index (χ0) is 25.1. The van der Waals surface area contributed by atoms with Crippen LogP contribution in [0.25, 0.3) is 11.4 Å². The Hall–Kier alpha value is -3.35. The number of aromatic nitrogens is 3. The van der Waals surface area contributed by atoms with Gasteiger partial charge in [-0.05, 0) is 32.0 Å². The Labute approximate surface area is 212 Å². The van der Waals surface area contributed by atoms with E-state index in [2.05, 4.69) is 10.1 Å². The summed E-state index contributed by atoms with van der Waals surface area (Å²) >= 11 is 12.5. The van der Waals surface area contributed by atoms with Gasteiger partial charge < -0.3 is 14.5 Å². The summed E-state index contributed by atoms with van der Waals surface area (Å²) in [7, 11) is 0. The van der Waals surface area contributed by atoms with Crippen LogP contribution >= 0.6 is 23.2 Å². The summed E-state index contributed by atoms with van der Waals surface area (Å²) < 4.78 is 21.6. The van der Waals surface area contributed by atoms with E-state index in [1.807, 2.05) is 17.9 Å². The Bertz CT molecular complexity index is 1300. The molecule has 0 aliphatic carbocycles. The summed E-state index contributed by atoms with van der Waals surface area (Å²) in [5.74, 6) is -0.119. The minimum absolute atomic E-state index is 0.00723. The maximum absolute atomic E-state index is 14.6. The third kappa shape index (κ3) is 5.19. The second-order valence-electron chi connectivity index (χ2n) is 7.96. The Morgan fingerprint density at radius 1 is 1.23 bits per heavy atom. The van der Waals surface area contributed by atoms with Crippen LogP contribution < -0.4 is 9.64 Å². The molecule has 0 saturated carbocycles. The molecule has 3 heterocycles. The van der Waals surface area contributed by atoms with E-state index in [4.69, 9.17) is 33.2 Å². The Morgan fingerprint density at radius 3 is 2.66 bits per heavy atom. The minimum Gasteiger partial charge on any atom is -0.492 e. The Balaban J connectivity index is 1.44. The normalized spacial score (nSPS) is 13.6. The fourth-order valence-electron chi connectivity index (χ4n) is 3.92. The van der Waals surface area contributed by atoms with Crippen LogP contribution in [-0.2, 0) is 11.3 Å². The van der Waals surface area contributed by atoms with E-state index in [1.165, 1.54) is 6.07 Å². The molecule has 1 aromatic carbocycles. The summed E-state index contributed by atoms with van der Waals surface area (Å²) in [5, 5.41) is 14.2. The van der Waals surface area contributed by atoms with Crippen molar-refractivity contribution in [2.75, 3.05) is 37.7 Å². The molecule has 1 saturated heterocycles. The molecule has 0 radical (unpaired) electrons. The highest BCUT2D eigenvalue weighted by Gasteiger charge is 2.25. The van der Waals surface area contributed by atoms with Crippen LogP contribution in [0.15, 0.2) is 30.3 Å². The van der Waals surface area contributed by atoms with E-state index in [1.54, 1.807) is 40.8 Å². The van der Waals surface area contributed by atoms with Crippen molar-refractivity contribution in [2.24, 2.45) is 0 Å². The number of hydrogen-bond donors (Lipinski definition) is 0. The number of pyridine rings is 1. The molecule has 1 amide bonds. The van der Waals surface area contributed by atoms with Gasteiger partial charge in [0.05, 0.1) is 33.7 Å². The van der Waals surface area contributed by atoms with Gasteiger partial charge in [0.2, 0.25) is 5.91 Å². The molecule has 0 unspecified atom stereocenters. The van der Waals surface area contributed by atoms with E-state index < -0.39 is 5.82 Å². The number of halogens is 3. The second-order valence-corrected chi connectivity index (χ2v) is 8.75. The topological polar surface area (TPSA) is 87.3 Å². The average Bonchev–Trinajstić information content (AvgIpc) is 3.14. The number of benzene rings is 1. The van der Waals surface area contributed by atoms with Crippen LogP contribution in [0.4, 0.5) is 10.1 Å². The number of amides is 1. The van der Waals surface area contributed by atoms with Crippen molar-refractivity contribution >= 4 is 34.8 Å². The van der Waals surface area contributed by atoms with Gasteiger partial charge in [-0.1, -0.05) is 29.3 Å². The number of nitriles is 1. The first-order valence-corrected chi connectivity index (χ1v) is 11.8. The van der Waals surface area contributed by atoms with E-state index in [-0.39, 0.29) is 23.2 Å². The van der Waals surface area contributed by atoms with Crippen LogP contribution in [0.1, 0.15) is 18.3 Å². The lowest BCUT2D eigenvalue weighted by Gasteiger charge is -2.36. The number of rotatable bonds is 6. The molecular weight excluding hydrogens is 494 g/mol. The van der Waals surface area contributed by atoms with E-state index in [0.29, 0.717) is 66.3 Å². The molecule has 1 fully saturated rings. The van der Waals surface area contributed by atoms with Crippen LogP contribution in [0.5, 0.6) is 5.75 Å². The molecule has 182 valence electrons. The Morgan fingerprint density at radius 2 is 1.97 bits per heavy atom. The number of ether oxygens (including phenoxy) is 1. The van der Waals surface area contributed by atoms with Gasteiger partial charge in [-0.15, -0.1) is 0 Å². The van der Waals surface area contributed by atoms with Crippen LogP contribution in [0.3, 0.4) is 0 Å². The van der Waals surface area contributed by atoms with Gasteiger partial charge in [-0.25, -0.2) is 9.37 Å². The lowest BCUT2D eigenvalue weighted by molar-refractivity contribution is -0.132. The van der Waals surface area contributed by atoms with Crippen LogP contribution in [0.2, 0.25) is 10.0 Å². The third-order valence-electron chi connectivity index (χ3n) is 5.80. The molecule has 0 N–H and O–H groups in total. The molecular formula is C24H23Cl2FN6O2. The van der Waals surface area contributed by atoms with E-state index in [0.717, 1.165) is 0 Å². The lowest BCUT2D eigenvalue weighted by atomic mass is 10.2. The molecule has 1 aliphatic rings. The van der Waals surface area contributed by atoms with Crippen molar-refractivity contribution in [1.29, 1.82) is 5.26 Å². The van der Waals surface area contributed by atoms with Gasteiger partial charge >= 0.3 is 0 Å². The first-order valence-electron chi connectivity index (χ1n) is 11.1. The fourth-order valence-corrected chi connectivity index (χ4v) is 4.36. The Kier molecular flexibility index (Phi) is 7.43. The number of carbonyl (C=O) groups is 1. The monoisotopic (exact) mass is 516 g/mol. The zero-order valence-corrected chi connectivity index (χ0v) is 20.8. The number of anilines is 1. The van der Waals surface area contributed by atoms with Gasteiger partial charge in [0.1, 0.15) is 35.6 Å². The van der Waals surface area contributed by atoms with Gasteiger partial charge in [0, 0.05) is 32.2 Å². The first-order chi connectivity index (χ1) is 16.8.